The summed E-state index contributed by atoms with van der Waals surface area (Å²) in [7, 11) is 0. The van der Waals surface area contributed by atoms with Crippen molar-refractivity contribution >= 4 is 5.97 Å². The topological polar surface area (TPSA) is 87.0 Å². The summed E-state index contributed by atoms with van der Waals surface area (Å²) < 4.78 is 5.01. The van der Waals surface area contributed by atoms with Crippen molar-refractivity contribution in [3.05, 3.63) is 11.1 Å². The van der Waals surface area contributed by atoms with E-state index < -0.39 is 17.7 Å². The number of cyclic esters (lactones) is 1. The predicted molar refractivity (Wildman–Crippen MR) is 70.6 cm³/mol. The van der Waals surface area contributed by atoms with Crippen LogP contribution in [0.5, 0.6) is 0 Å². The molecule has 5 nitrogen and oxygen atoms in total. The molecule has 2 aliphatic carbocycles. The summed E-state index contributed by atoms with van der Waals surface area (Å²) in [4.78, 5) is 11.8. The van der Waals surface area contributed by atoms with E-state index in [4.69, 9.17) is 4.74 Å². The Balaban J connectivity index is 2.02. The largest absolute Gasteiger partial charge is 0.458 e. The Labute approximate surface area is 118 Å². The average molecular weight is 282 g/mol. The third-order valence-corrected chi connectivity index (χ3v) is 5.39. The lowest BCUT2D eigenvalue weighted by Crippen LogP contribution is -2.39. The molecule has 1 aliphatic heterocycles. The van der Waals surface area contributed by atoms with Crippen LogP contribution in [0.25, 0.3) is 0 Å². The van der Waals surface area contributed by atoms with Gasteiger partial charge in [0.15, 0.2) is 0 Å². The zero-order chi connectivity index (χ0) is 14.7. The van der Waals surface area contributed by atoms with E-state index in [-0.39, 0.29) is 30.5 Å². The molecule has 3 aliphatic rings. The molecule has 0 saturated heterocycles. The van der Waals surface area contributed by atoms with E-state index in [0.29, 0.717) is 24.8 Å². The molecule has 112 valence electrons. The second kappa shape index (κ2) is 4.29. The van der Waals surface area contributed by atoms with Gasteiger partial charge in [-0.15, -0.1) is 0 Å². The average Bonchev–Trinajstić information content (AvgIpc) is 2.89. The minimum atomic E-state index is -0.982. The van der Waals surface area contributed by atoms with Crippen molar-refractivity contribution in [2.45, 2.75) is 44.8 Å². The smallest absolute Gasteiger partial charge is 0.337 e. The Morgan fingerprint density at radius 3 is 2.70 bits per heavy atom. The van der Waals surface area contributed by atoms with Gasteiger partial charge < -0.3 is 20.1 Å². The normalized spacial score (nSPS) is 47.9. The van der Waals surface area contributed by atoms with Crippen LogP contribution in [0.2, 0.25) is 0 Å². The number of rotatable bonds is 1. The van der Waals surface area contributed by atoms with Gasteiger partial charge in [-0.25, -0.2) is 4.79 Å². The van der Waals surface area contributed by atoms with Crippen molar-refractivity contribution in [1.29, 1.82) is 0 Å². The number of carbonyl (C=O) groups is 1. The SMILES string of the molecule is CC1(CO)CC2C(O)C3=C(COC3=O)CC(C)(O)C2C1. The lowest BCUT2D eigenvalue weighted by molar-refractivity contribution is -0.138. The van der Waals surface area contributed by atoms with Crippen molar-refractivity contribution in [2.75, 3.05) is 13.2 Å². The summed E-state index contributed by atoms with van der Waals surface area (Å²) in [5.74, 6) is -0.782. The maximum Gasteiger partial charge on any atom is 0.337 e. The number of carbonyl (C=O) groups excluding carboxylic acids is 1. The first-order chi connectivity index (χ1) is 9.27. The van der Waals surface area contributed by atoms with Gasteiger partial charge in [-0.3, -0.25) is 0 Å². The summed E-state index contributed by atoms with van der Waals surface area (Å²) in [5.41, 5.74) is -0.211. The zero-order valence-corrected chi connectivity index (χ0v) is 11.9. The summed E-state index contributed by atoms with van der Waals surface area (Å²) in [6.07, 6.45) is 0.726. The fourth-order valence-electron chi connectivity index (χ4n) is 4.32. The number of aliphatic hydroxyl groups excluding tert-OH is 2. The maximum atomic E-state index is 11.8. The van der Waals surface area contributed by atoms with E-state index in [0.717, 1.165) is 5.57 Å². The molecule has 1 fully saturated rings. The lowest BCUT2D eigenvalue weighted by Gasteiger charge is -2.34. The highest BCUT2D eigenvalue weighted by Gasteiger charge is 2.55. The van der Waals surface area contributed by atoms with Crippen LogP contribution in [0.4, 0.5) is 0 Å². The highest BCUT2D eigenvalue weighted by molar-refractivity contribution is 5.93. The van der Waals surface area contributed by atoms with E-state index in [9.17, 15) is 20.1 Å². The molecule has 1 heterocycles. The Hall–Kier alpha value is -0.910. The molecule has 20 heavy (non-hydrogen) atoms. The monoisotopic (exact) mass is 282 g/mol. The number of aliphatic hydroxyl groups is 3. The van der Waals surface area contributed by atoms with Gasteiger partial charge in [0, 0.05) is 13.0 Å². The Morgan fingerprint density at radius 2 is 2.05 bits per heavy atom. The predicted octanol–water partition coefficient (Wildman–Crippen LogP) is 0.380. The third-order valence-electron chi connectivity index (χ3n) is 5.39. The molecule has 0 amide bonds. The number of hydrogen-bond acceptors (Lipinski definition) is 5. The molecular formula is C15H22O5. The summed E-state index contributed by atoms with van der Waals surface area (Å²) in [5, 5.41) is 31.0. The lowest BCUT2D eigenvalue weighted by atomic mass is 9.78. The van der Waals surface area contributed by atoms with Crippen LogP contribution in [-0.4, -0.2) is 46.2 Å². The van der Waals surface area contributed by atoms with Gasteiger partial charge in [0.2, 0.25) is 0 Å². The fraction of sp³-hybridized carbons (Fsp3) is 0.800. The molecule has 5 heteroatoms. The Bertz CT molecular complexity index is 481. The summed E-state index contributed by atoms with van der Waals surface area (Å²) >= 11 is 0. The first kappa shape index (κ1) is 14.0. The first-order valence-electron chi connectivity index (χ1n) is 7.18. The highest BCUT2D eigenvalue weighted by Crippen LogP contribution is 2.55. The van der Waals surface area contributed by atoms with Crippen molar-refractivity contribution < 1.29 is 24.9 Å². The Kier molecular flexibility index (Phi) is 3.01. The van der Waals surface area contributed by atoms with Crippen molar-refractivity contribution in [1.82, 2.24) is 0 Å². The second-order valence-corrected chi connectivity index (χ2v) is 7.22. The summed E-state index contributed by atoms with van der Waals surface area (Å²) in [6.45, 7) is 3.93. The molecule has 0 aromatic rings. The number of fused-ring (bicyclic) bond motifs is 1. The van der Waals surface area contributed by atoms with Gasteiger partial charge in [-0.1, -0.05) is 6.92 Å². The van der Waals surface area contributed by atoms with E-state index in [2.05, 4.69) is 0 Å². The van der Waals surface area contributed by atoms with E-state index in [1.807, 2.05) is 6.92 Å². The quantitative estimate of drug-likeness (QED) is 0.605. The van der Waals surface area contributed by atoms with E-state index in [1.165, 1.54) is 0 Å². The fourth-order valence-corrected chi connectivity index (χ4v) is 4.32. The minimum absolute atomic E-state index is 0.0269. The number of ether oxygens (including phenoxy) is 1. The van der Waals surface area contributed by atoms with Gasteiger partial charge in [0.25, 0.3) is 0 Å². The molecular weight excluding hydrogens is 260 g/mol. The van der Waals surface area contributed by atoms with Crippen molar-refractivity contribution in [3.63, 3.8) is 0 Å². The molecule has 0 radical (unpaired) electrons. The standard InChI is InChI=1S/C15H22O5/c1-14(7-16)4-9-10(5-14)15(2,19)3-8-6-20-13(18)11(8)12(9)17/h9-10,12,16-17,19H,3-7H2,1-2H3. The second-order valence-electron chi connectivity index (χ2n) is 7.22. The summed E-state index contributed by atoms with van der Waals surface area (Å²) in [6, 6.07) is 0. The van der Waals surface area contributed by atoms with Crippen molar-refractivity contribution in [3.8, 4) is 0 Å². The molecule has 1 saturated carbocycles. The molecule has 5 unspecified atom stereocenters. The van der Waals surface area contributed by atoms with Crippen LogP contribution >= 0.6 is 0 Å². The highest BCUT2D eigenvalue weighted by atomic mass is 16.5. The van der Waals surface area contributed by atoms with Gasteiger partial charge in [0.05, 0.1) is 17.3 Å². The van der Waals surface area contributed by atoms with Crippen LogP contribution in [-0.2, 0) is 9.53 Å². The third kappa shape index (κ3) is 1.91. The minimum Gasteiger partial charge on any atom is -0.458 e. The molecule has 0 bridgehead atoms. The molecule has 0 aromatic carbocycles. The van der Waals surface area contributed by atoms with Gasteiger partial charge in [0.1, 0.15) is 6.61 Å². The van der Waals surface area contributed by atoms with Gasteiger partial charge in [-0.2, -0.15) is 0 Å². The maximum absolute atomic E-state index is 11.8. The molecule has 0 spiro atoms. The first-order valence-corrected chi connectivity index (χ1v) is 7.18. The van der Waals surface area contributed by atoms with Gasteiger partial charge in [-0.05, 0) is 42.6 Å². The van der Waals surface area contributed by atoms with Crippen LogP contribution in [0.15, 0.2) is 11.1 Å². The number of hydrogen-bond donors (Lipinski definition) is 3. The number of esters is 1. The van der Waals surface area contributed by atoms with Crippen LogP contribution in [0, 0.1) is 17.3 Å². The zero-order valence-electron chi connectivity index (χ0n) is 11.9. The molecule has 3 rings (SSSR count). The van der Waals surface area contributed by atoms with Crippen LogP contribution < -0.4 is 0 Å². The van der Waals surface area contributed by atoms with Crippen molar-refractivity contribution in [2.24, 2.45) is 17.3 Å². The molecule has 3 N–H and O–H groups in total. The van der Waals surface area contributed by atoms with E-state index in [1.54, 1.807) is 6.92 Å². The van der Waals surface area contributed by atoms with Gasteiger partial charge >= 0.3 is 5.97 Å². The molecule has 5 atom stereocenters. The molecule has 0 aromatic heterocycles. The van der Waals surface area contributed by atoms with E-state index >= 15 is 0 Å². The van der Waals surface area contributed by atoms with Crippen LogP contribution in [0.1, 0.15) is 33.1 Å². The Morgan fingerprint density at radius 1 is 1.35 bits per heavy atom. The van der Waals surface area contributed by atoms with Crippen LogP contribution in [0.3, 0.4) is 0 Å².